The van der Waals surface area contributed by atoms with Crippen molar-refractivity contribution in [2.45, 2.75) is 12.6 Å². The summed E-state index contributed by atoms with van der Waals surface area (Å²) in [5, 5.41) is 13.7. The topological polar surface area (TPSA) is 117 Å². The molecule has 1 unspecified atom stereocenters. The summed E-state index contributed by atoms with van der Waals surface area (Å²) >= 11 is 0. The highest BCUT2D eigenvalue weighted by molar-refractivity contribution is 5.80. The van der Waals surface area contributed by atoms with Crippen molar-refractivity contribution in [2.24, 2.45) is 0 Å². The van der Waals surface area contributed by atoms with E-state index in [1.807, 2.05) is 6.07 Å². The standard InChI is InChI=1S/C23H18FN3O6/c24-17-8-4-5-9-20(17)32-14-18(15-6-2-1-3-7-15)25-22(28)13-26-19-11-10-16(27(30)31)12-21(19)33-23(26)29/h1-12,18H,13-14H2,(H,25,28). The maximum atomic E-state index is 13.9. The number of hydrogen-bond donors (Lipinski definition) is 1. The molecule has 168 valence electrons. The Hall–Kier alpha value is -4.47. The van der Waals surface area contributed by atoms with Crippen LogP contribution in [0.2, 0.25) is 0 Å². The molecule has 0 aliphatic carbocycles. The molecule has 0 fully saturated rings. The van der Waals surface area contributed by atoms with Crippen molar-refractivity contribution >= 4 is 22.7 Å². The van der Waals surface area contributed by atoms with Crippen molar-refractivity contribution < 1.29 is 23.3 Å². The van der Waals surface area contributed by atoms with E-state index in [1.165, 1.54) is 24.3 Å². The van der Waals surface area contributed by atoms with E-state index in [4.69, 9.17) is 9.15 Å². The first kappa shape index (κ1) is 21.8. The number of halogens is 1. The number of non-ortho nitro benzene ring substituents is 1. The van der Waals surface area contributed by atoms with Crippen molar-refractivity contribution in [3.8, 4) is 5.75 Å². The van der Waals surface area contributed by atoms with Crippen LogP contribution in [0.1, 0.15) is 11.6 Å². The predicted molar refractivity (Wildman–Crippen MR) is 116 cm³/mol. The zero-order valence-corrected chi connectivity index (χ0v) is 17.1. The molecule has 1 atom stereocenters. The lowest BCUT2D eigenvalue weighted by Gasteiger charge is -2.20. The van der Waals surface area contributed by atoms with Crippen molar-refractivity contribution in [1.29, 1.82) is 0 Å². The number of hydrogen-bond acceptors (Lipinski definition) is 6. The average Bonchev–Trinajstić information content (AvgIpc) is 3.12. The molecule has 9 nitrogen and oxygen atoms in total. The number of nitro benzene ring substituents is 1. The number of nitro groups is 1. The van der Waals surface area contributed by atoms with Crippen LogP contribution in [0.15, 0.2) is 82.0 Å². The normalized spacial score (nSPS) is 11.8. The van der Waals surface area contributed by atoms with Crippen molar-refractivity contribution in [2.75, 3.05) is 6.61 Å². The number of benzene rings is 3. The summed E-state index contributed by atoms with van der Waals surface area (Å²) in [5.74, 6) is -1.82. The highest BCUT2D eigenvalue weighted by Gasteiger charge is 2.20. The summed E-state index contributed by atoms with van der Waals surface area (Å²) in [6.45, 7) is -0.434. The molecule has 0 radical (unpaired) electrons. The van der Waals surface area contributed by atoms with Gasteiger partial charge in [0.05, 0.1) is 22.5 Å². The number of carbonyl (C=O) groups is 1. The number of nitrogens with zero attached hydrogens (tertiary/aromatic N) is 2. The van der Waals surface area contributed by atoms with E-state index in [1.54, 1.807) is 36.4 Å². The van der Waals surface area contributed by atoms with E-state index < -0.39 is 28.4 Å². The number of para-hydroxylation sites is 1. The van der Waals surface area contributed by atoms with Crippen LogP contribution in [0.25, 0.3) is 11.1 Å². The Kier molecular flexibility index (Phi) is 6.16. The van der Waals surface area contributed by atoms with E-state index in [2.05, 4.69) is 5.32 Å². The van der Waals surface area contributed by atoms with Crippen LogP contribution in [0.4, 0.5) is 10.1 Å². The van der Waals surface area contributed by atoms with E-state index in [0.29, 0.717) is 0 Å². The van der Waals surface area contributed by atoms with Gasteiger partial charge in [0.1, 0.15) is 13.2 Å². The van der Waals surface area contributed by atoms with E-state index in [-0.39, 0.29) is 35.7 Å². The Balaban J connectivity index is 1.53. The van der Waals surface area contributed by atoms with Gasteiger partial charge in [0.2, 0.25) is 5.91 Å². The van der Waals surface area contributed by atoms with E-state index >= 15 is 0 Å². The molecular formula is C23H18FN3O6. The van der Waals surface area contributed by atoms with Crippen LogP contribution in [0.3, 0.4) is 0 Å². The summed E-state index contributed by atoms with van der Waals surface area (Å²) in [6, 6.07) is 18.0. The fraction of sp³-hybridized carbons (Fsp3) is 0.130. The van der Waals surface area contributed by atoms with Crippen LogP contribution in [0, 0.1) is 15.9 Å². The third-order valence-electron chi connectivity index (χ3n) is 4.94. The number of nitrogens with one attached hydrogen (secondary N) is 1. The largest absolute Gasteiger partial charge is 0.488 e. The molecule has 0 aliphatic heterocycles. The van der Waals surface area contributed by atoms with Crippen LogP contribution < -0.4 is 15.8 Å². The van der Waals surface area contributed by atoms with Gasteiger partial charge in [-0.3, -0.25) is 19.5 Å². The number of rotatable bonds is 8. The third-order valence-corrected chi connectivity index (χ3v) is 4.94. The SMILES string of the molecule is O=C(Cn1c(=O)oc2cc([N+](=O)[O-])ccc21)NC(COc1ccccc1F)c1ccccc1. The summed E-state index contributed by atoms with van der Waals surface area (Å²) in [6.07, 6.45) is 0. The van der Waals surface area contributed by atoms with Gasteiger partial charge in [-0.05, 0) is 23.8 Å². The summed E-state index contributed by atoms with van der Waals surface area (Å²) in [5.41, 5.74) is 0.744. The van der Waals surface area contributed by atoms with Crippen LogP contribution in [-0.4, -0.2) is 22.0 Å². The number of ether oxygens (including phenoxy) is 1. The van der Waals surface area contributed by atoms with Crippen molar-refractivity contribution in [1.82, 2.24) is 9.88 Å². The van der Waals surface area contributed by atoms with Crippen molar-refractivity contribution in [3.05, 3.63) is 105 Å². The first-order chi connectivity index (χ1) is 15.9. The Labute approximate surface area is 186 Å². The van der Waals surface area contributed by atoms with Gasteiger partial charge in [0.15, 0.2) is 17.1 Å². The predicted octanol–water partition coefficient (Wildman–Crippen LogP) is 3.58. The van der Waals surface area contributed by atoms with Gasteiger partial charge in [-0.25, -0.2) is 9.18 Å². The lowest BCUT2D eigenvalue weighted by molar-refractivity contribution is -0.384. The Morgan fingerprint density at radius 3 is 2.58 bits per heavy atom. The molecule has 1 aromatic heterocycles. The van der Waals surface area contributed by atoms with Gasteiger partial charge in [-0.1, -0.05) is 42.5 Å². The Morgan fingerprint density at radius 1 is 1.12 bits per heavy atom. The maximum Gasteiger partial charge on any atom is 0.420 e. The number of carbonyl (C=O) groups excluding carboxylic acids is 1. The average molecular weight is 451 g/mol. The number of oxazole rings is 1. The second-order valence-corrected chi connectivity index (χ2v) is 7.14. The van der Waals surface area contributed by atoms with Gasteiger partial charge in [-0.2, -0.15) is 0 Å². The van der Waals surface area contributed by atoms with Gasteiger partial charge < -0.3 is 14.5 Å². The Bertz CT molecular complexity index is 1370. The smallest absolute Gasteiger partial charge is 0.420 e. The van der Waals surface area contributed by atoms with Crippen molar-refractivity contribution in [3.63, 3.8) is 0 Å². The van der Waals surface area contributed by atoms with E-state index in [9.17, 15) is 24.1 Å². The molecule has 33 heavy (non-hydrogen) atoms. The summed E-state index contributed by atoms with van der Waals surface area (Å²) < 4.78 is 25.6. The first-order valence-electron chi connectivity index (χ1n) is 9.92. The number of amides is 1. The van der Waals surface area contributed by atoms with Gasteiger partial charge in [-0.15, -0.1) is 0 Å². The minimum absolute atomic E-state index is 0.00416. The molecule has 0 bridgehead atoms. The van der Waals surface area contributed by atoms with E-state index in [0.717, 1.165) is 16.2 Å². The van der Waals surface area contributed by atoms with Crippen LogP contribution >= 0.6 is 0 Å². The molecule has 4 rings (SSSR count). The summed E-state index contributed by atoms with van der Waals surface area (Å²) in [4.78, 5) is 35.4. The molecule has 1 amide bonds. The highest BCUT2D eigenvalue weighted by atomic mass is 19.1. The molecule has 10 heteroatoms. The molecule has 3 aromatic carbocycles. The zero-order valence-electron chi connectivity index (χ0n) is 17.1. The molecule has 1 heterocycles. The second kappa shape index (κ2) is 9.35. The lowest BCUT2D eigenvalue weighted by atomic mass is 10.1. The van der Waals surface area contributed by atoms with Gasteiger partial charge in [0.25, 0.3) is 5.69 Å². The molecule has 4 aromatic rings. The van der Waals surface area contributed by atoms with Gasteiger partial charge in [0, 0.05) is 6.07 Å². The minimum atomic E-state index is -0.820. The van der Waals surface area contributed by atoms with Gasteiger partial charge >= 0.3 is 5.76 Å². The molecule has 0 spiro atoms. The second-order valence-electron chi connectivity index (χ2n) is 7.14. The fourth-order valence-electron chi connectivity index (χ4n) is 3.34. The summed E-state index contributed by atoms with van der Waals surface area (Å²) in [7, 11) is 0. The third kappa shape index (κ3) is 4.90. The highest BCUT2D eigenvalue weighted by Crippen LogP contribution is 2.21. The fourth-order valence-corrected chi connectivity index (χ4v) is 3.34. The maximum absolute atomic E-state index is 13.9. The first-order valence-corrected chi connectivity index (χ1v) is 9.92. The number of aromatic nitrogens is 1. The monoisotopic (exact) mass is 451 g/mol. The van der Waals surface area contributed by atoms with Crippen LogP contribution in [0.5, 0.6) is 5.75 Å². The zero-order chi connectivity index (χ0) is 23.4. The molecule has 0 aliphatic rings. The molecule has 1 N–H and O–H groups in total. The number of fused-ring (bicyclic) bond motifs is 1. The van der Waals surface area contributed by atoms with Crippen LogP contribution in [-0.2, 0) is 11.3 Å². The Morgan fingerprint density at radius 2 is 1.85 bits per heavy atom. The lowest BCUT2D eigenvalue weighted by Crippen LogP contribution is -2.36. The quantitative estimate of drug-likeness (QED) is 0.323. The molecule has 0 saturated carbocycles. The molecule has 0 saturated heterocycles. The minimum Gasteiger partial charge on any atom is -0.488 e. The molecular weight excluding hydrogens is 433 g/mol.